The van der Waals surface area contributed by atoms with E-state index in [1.54, 1.807) is 0 Å². The summed E-state index contributed by atoms with van der Waals surface area (Å²) < 4.78 is 0. The highest BCUT2D eigenvalue weighted by molar-refractivity contribution is 6.30. The van der Waals surface area contributed by atoms with Crippen LogP contribution in [0, 0.1) is 5.92 Å². The van der Waals surface area contributed by atoms with Crippen molar-refractivity contribution in [2.45, 2.75) is 57.9 Å². The van der Waals surface area contributed by atoms with Gasteiger partial charge >= 0.3 is 0 Å². The molecule has 0 aromatic heterocycles. The van der Waals surface area contributed by atoms with Crippen molar-refractivity contribution in [2.24, 2.45) is 5.92 Å². The number of hydrogen-bond donors (Lipinski definition) is 0. The molecule has 1 nitrogen and oxygen atoms in total. The fraction of sp³-hybridized carbons (Fsp3) is 0.667. The fourth-order valence-electron chi connectivity index (χ4n) is 3.65. The highest BCUT2D eigenvalue weighted by atomic mass is 35.5. The van der Waals surface area contributed by atoms with Crippen LogP contribution >= 0.6 is 24.0 Å². The second kappa shape index (κ2) is 7.85. The second-order valence-electron chi connectivity index (χ2n) is 6.74. The average molecular weight is 330 g/mol. The summed E-state index contributed by atoms with van der Waals surface area (Å²) >= 11 is 6.07. The molecule has 0 heterocycles. The molecule has 1 atom stereocenters. The van der Waals surface area contributed by atoms with Crippen LogP contribution in [0.5, 0.6) is 0 Å². The first-order chi connectivity index (χ1) is 9.49. The maximum absolute atomic E-state index is 6.07. The van der Waals surface area contributed by atoms with Crippen LogP contribution in [0.15, 0.2) is 24.3 Å². The van der Waals surface area contributed by atoms with Crippen LogP contribution in [0.25, 0.3) is 0 Å². The Kier molecular flexibility index (Phi) is 7.03. The number of nitrogens with zero attached hydrogens (tertiary/aromatic N) is 1. The standard InChI is InChI=1S/C18H28ClN.ClH/c1-5-20(4)17(13-14(2)3)18(11-6-12-18)15-7-9-16(19)10-8-15;/h7-10,14,17H,5-6,11-13H2,1-4H3;1H. The first kappa shape index (κ1) is 18.8. The van der Waals surface area contributed by atoms with Gasteiger partial charge in [0.25, 0.3) is 0 Å². The van der Waals surface area contributed by atoms with Gasteiger partial charge in [0.2, 0.25) is 0 Å². The minimum atomic E-state index is 0. The predicted octanol–water partition coefficient (Wildman–Crippen LogP) is 5.55. The van der Waals surface area contributed by atoms with E-state index >= 15 is 0 Å². The largest absolute Gasteiger partial charge is 0.303 e. The van der Waals surface area contributed by atoms with E-state index in [0.717, 1.165) is 17.5 Å². The Morgan fingerprint density at radius 2 is 1.76 bits per heavy atom. The van der Waals surface area contributed by atoms with E-state index in [1.807, 2.05) is 0 Å². The lowest BCUT2D eigenvalue weighted by atomic mass is 9.58. The average Bonchev–Trinajstić information content (AvgIpc) is 2.37. The Bertz CT molecular complexity index is 423. The first-order valence-corrected chi connectivity index (χ1v) is 8.33. The van der Waals surface area contributed by atoms with Crippen molar-refractivity contribution in [3.05, 3.63) is 34.9 Å². The number of hydrogen-bond acceptors (Lipinski definition) is 1. The van der Waals surface area contributed by atoms with E-state index in [1.165, 1.54) is 31.2 Å². The molecule has 0 radical (unpaired) electrons. The Morgan fingerprint density at radius 1 is 1.19 bits per heavy atom. The molecule has 0 aliphatic heterocycles. The van der Waals surface area contributed by atoms with Gasteiger partial charge in [0.1, 0.15) is 0 Å². The normalized spacial score (nSPS) is 18.2. The molecule has 0 spiro atoms. The molecular formula is C18H29Cl2N. The molecule has 2 rings (SSSR count). The van der Waals surface area contributed by atoms with Crippen molar-refractivity contribution >= 4 is 24.0 Å². The van der Waals surface area contributed by atoms with Crippen molar-refractivity contribution < 1.29 is 0 Å². The molecule has 21 heavy (non-hydrogen) atoms. The molecule has 1 unspecified atom stereocenters. The van der Waals surface area contributed by atoms with Crippen molar-refractivity contribution in [1.29, 1.82) is 0 Å². The van der Waals surface area contributed by atoms with Crippen LogP contribution in [-0.2, 0) is 5.41 Å². The minimum Gasteiger partial charge on any atom is -0.303 e. The van der Waals surface area contributed by atoms with Gasteiger partial charge in [0, 0.05) is 16.5 Å². The summed E-state index contributed by atoms with van der Waals surface area (Å²) in [6, 6.07) is 9.24. The van der Waals surface area contributed by atoms with Gasteiger partial charge in [0.05, 0.1) is 0 Å². The van der Waals surface area contributed by atoms with E-state index in [0.29, 0.717) is 11.5 Å². The van der Waals surface area contributed by atoms with Crippen LogP contribution in [0.2, 0.25) is 5.02 Å². The maximum Gasteiger partial charge on any atom is 0.0406 e. The zero-order valence-corrected chi connectivity index (χ0v) is 15.3. The summed E-state index contributed by atoms with van der Waals surface area (Å²) in [5.41, 5.74) is 1.83. The lowest BCUT2D eigenvalue weighted by Gasteiger charge is -2.52. The highest BCUT2D eigenvalue weighted by Crippen LogP contribution is 2.49. The number of benzene rings is 1. The van der Waals surface area contributed by atoms with Crippen LogP contribution < -0.4 is 0 Å². The third-order valence-corrected chi connectivity index (χ3v) is 5.28. The lowest BCUT2D eigenvalue weighted by Crippen LogP contribution is -2.53. The second-order valence-corrected chi connectivity index (χ2v) is 7.17. The Balaban J connectivity index is 0.00000220. The molecule has 1 fully saturated rings. The summed E-state index contributed by atoms with van der Waals surface area (Å²) in [7, 11) is 2.28. The van der Waals surface area contributed by atoms with Gasteiger partial charge in [-0.1, -0.05) is 50.9 Å². The van der Waals surface area contributed by atoms with E-state index in [9.17, 15) is 0 Å². The maximum atomic E-state index is 6.07. The zero-order valence-electron chi connectivity index (χ0n) is 13.7. The van der Waals surface area contributed by atoms with Gasteiger partial charge in [0.15, 0.2) is 0 Å². The molecule has 0 bridgehead atoms. The van der Waals surface area contributed by atoms with Crippen LogP contribution in [0.1, 0.15) is 52.0 Å². The smallest absolute Gasteiger partial charge is 0.0406 e. The van der Waals surface area contributed by atoms with Crippen LogP contribution in [0.3, 0.4) is 0 Å². The molecular weight excluding hydrogens is 301 g/mol. The topological polar surface area (TPSA) is 3.24 Å². The molecule has 1 aromatic carbocycles. The molecule has 0 saturated heterocycles. The third-order valence-electron chi connectivity index (χ3n) is 5.03. The number of halogens is 2. The summed E-state index contributed by atoms with van der Waals surface area (Å²) in [6.45, 7) is 8.06. The molecule has 120 valence electrons. The monoisotopic (exact) mass is 329 g/mol. The SMILES string of the molecule is CCN(C)C(CC(C)C)C1(c2ccc(Cl)cc2)CCC1.Cl. The van der Waals surface area contributed by atoms with E-state index in [-0.39, 0.29) is 12.4 Å². The van der Waals surface area contributed by atoms with Crippen molar-refractivity contribution in [3.8, 4) is 0 Å². The zero-order chi connectivity index (χ0) is 14.8. The molecule has 1 aliphatic rings. The van der Waals surface area contributed by atoms with Crippen molar-refractivity contribution in [3.63, 3.8) is 0 Å². The third kappa shape index (κ3) is 3.94. The summed E-state index contributed by atoms with van der Waals surface area (Å²) in [5.74, 6) is 0.735. The minimum absolute atomic E-state index is 0. The van der Waals surface area contributed by atoms with Gasteiger partial charge in [-0.25, -0.2) is 0 Å². The first-order valence-electron chi connectivity index (χ1n) is 7.96. The molecule has 0 amide bonds. The van der Waals surface area contributed by atoms with E-state index in [4.69, 9.17) is 11.6 Å². The van der Waals surface area contributed by atoms with Crippen molar-refractivity contribution in [2.75, 3.05) is 13.6 Å². The Morgan fingerprint density at radius 3 is 2.14 bits per heavy atom. The van der Waals surface area contributed by atoms with E-state index < -0.39 is 0 Å². The van der Waals surface area contributed by atoms with Gasteiger partial charge in [-0.05, 0) is 56.5 Å². The van der Waals surface area contributed by atoms with Crippen molar-refractivity contribution in [1.82, 2.24) is 4.90 Å². The summed E-state index contributed by atoms with van der Waals surface area (Å²) in [6.07, 6.45) is 5.26. The number of likely N-dealkylation sites (N-methyl/N-ethyl adjacent to an activating group) is 1. The van der Waals surface area contributed by atoms with E-state index in [2.05, 4.69) is 57.0 Å². The lowest BCUT2D eigenvalue weighted by molar-refractivity contribution is 0.0679. The van der Waals surface area contributed by atoms with Gasteiger partial charge in [-0.15, -0.1) is 12.4 Å². The molecule has 1 saturated carbocycles. The fourth-order valence-corrected chi connectivity index (χ4v) is 3.77. The summed E-state index contributed by atoms with van der Waals surface area (Å²) in [5, 5.41) is 0.840. The Hall–Kier alpha value is -0.240. The molecule has 3 heteroatoms. The van der Waals surface area contributed by atoms with Gasteiger partial charge < -0.3 is 4.90 Å². The highest BCUT2D eigenvalue weighted by Gasteiger charge is 2.46. The van der Waals surface area contributed by atoms with Crippen LogP contribution in [-0.4, -0.2) is 24.5 Å². The molecule has 1 aromatic rings. The molecule has 0 N–H and O–H groups in total. The van der Waals surface area contributed by atoms with Gasteiger partial charge in [-0.2, -0.15) is 0 Å². The quantitative estimate of drug-likeness (QED) is 0.661. The summed E-state index contributed by atoms with van der Waals surface area (Å²) in [4.78, 5) is 2.55. The number of rotatable bonds is 6. The Labute approximate surface area is 141 Å². The molecule has 1 aliphatic carbocycles. The van der Waals surface area contributed by atoms with Crippen LogP contribution in [0.4, 0.5) is 0 Å². The predicted molar refractivity (Wildman–Crippen MR) is 95.8 cm³/mol. The van der Waals surface area contributed by atoms with Gasteiger partial charge in [-0.3, -0.25) is 0 Å².